The van der Waals surface area contributed by atoms with Crippen LogP contribution < -0.4 is 0 Å². The molecule has 5 heteroatoms. The van der Waals surface area contributed by atoms with E-state index in [1.807, 2.05) is 44.2 Å². The second-order valence-electron chi connectivity index (χ2n) is 6.07. The van der Waals surface area contributed by atoms with Gasteiger partial charge in [0.1, 0.15) is 5.60 Å². The van der Waals surface area contributed by atoms with E-state index in [1.54, 1.807) is 0 Å². The molecule has 0 radical (unpaired) electrons. The number of ether oxygens (including phenoxy) is 1. The predicted octanol–water partition coefficient (Wildman–Crippen LogP) is 3.73. The molecule has 1 atom stereocenters. The van der Waals surface area contributed by atoms with E-state index in [1.165, 1.54) is 10.9 Å². The van der Waals surface area contributed by atoms with Gasteiger partial charge in [0.25, 0.3) is 0 Å². The van der Waals surface area contributed by atoms with Crippen LogP contribution in [0.4, 0.5) is 4.39 Å². The maximum Gasteiger partial charge on any atom is 0.360 e. The van der Waals surface area contributed by atoms with Gasteiger partial charge in [-0.25, -0.2) is 9.78 Å². The Kier molecular flexibility index (Phi) is 3.72. The Morgan fingerprint density at radius 2 is 2.05 bits per heavy atom. The number of imidazole rings is 1. The summed E-state index contributed by atoms with van der Waals surface area (Å²) in [5, 5.41) is 0. The van der Waals surface area contributed by atoms with Crippen molar-refractivity contribution in [3.8, 4) is 0 Å². The summed E-state index contributed by atoms with van der Waals surface area (Å²) in [4.78, 5) is 16.0. The van der Waals surface area contributed by atoms with Gasteiger partial charge < -0.3 is 9.30 Å². The van der Waals surface area contributed by atoms with Crippen molar-refractivity contribution in [2.24, 2.45) is 0 Å². The predicted molar refractivity (Wildman–Crippen MR) is 80.1 cm³/mol. The summed E-state index contributed by atoms with van der Waals surface area (Å²) >= 11 is 0. The van der Waals surface area contributed by atoms with Gasteiger partial charge in [-0.15, -0.1) is 0 Å². The van der Waals surface area contributed by atoms with Gasteiger partial charge in [-0.05, 0) is 38.7 Å². The first kappa shape index (κ1) is 14.8. The van der Waals surface area contributed by atoms with E-state index in [4.69, 9.17) is 4.74 Å². The van der Waals surface area contributed by atoms with Crippen molar-refractivity contribution in [3.05, 3.63) is 53.9 Å². The van der Waals surface area contributed by atoms with Crippen LogP contribution in [0.25, 0.3) is 0 Å². The fourth-order valence-electron chi connectivity index (χ4n) is 2.76. The molecule has 1 aromatic carbocycles. The van der Waals surface area contributed by atoms with Gasteiger partial charge in [0, 0.05) is 0 Å². The number of esters is 1. The van der Waals surface area contributed by atoms with Crippen LogP contribution in [0.2, 0.25) is 0 Å². The summed E-state index contributed by atoms with van der Waals surface area (Å²) in [6.07, 6.45) is 4.03. The van der Waals surface area contributed by atoms with E-state index in [0.717, 1.165) is 24.8 Å². The first-order chi connectivity index (χ1) is 10.5. The highest BCUT2D eigenvalue weighted by molar-refractivity contribution is 5.88. The van der Waals surface area contributed by atoms with E-state index in [2.05, 4.69) is 4.98 Å². The summed E-state index contributed by atoms with van der Waals surface area (Å²) in [6, 6.07) is 9.40. The van der Waals surface area contributed by atoms with Crippen LogP contribution in [0.15, 0.2) is 36.7 Å². The van der Waals surface area contributed by atoms with E-state index in [0.29, 0.717) is 0 Å². The first-order valence-electron chi connectivity index (χ1n) is 7.51. The van der Waals surface area contributed by atoms with Crippen LogP contribution in [0.3, 0.4) is 0 Å². The maximum absolute atomic E-state index is 14.0. The minimum absolute atomic E-state index is 0.107. The van der Waals surface area contributed by atoms with Gasteiger partial charge in [0.05, 0.1) is 12.4 Å². The number of benzene rings is 1. The Morgan fingerprint density at radius 1 is 1.36 bits per heavy atom. The summed E-state index contributed by atoms with van der Waals surface area (Å²) in [6.45, 7) is 3.78. The quantitative estimate of drug-likeness (QED) is 0.808. The Labute approximate surface area is 128 Å². The fourth-order valence-corrected chi connectivity index (χ4v) is 2.76. The highest BCUT2D eigenvalue weighted by atomic mass is 19.1. The molecular weight excluding hydrogens is 283 g/mol. The number of hydrogen-bond donors (Lipinski definition) is 0. The molecule has 116 valence electrons. The zero-order chi connectivity index (χ0) is 15.7. The minimum Gasteiger partial charge on any atom is -0.455 e. The molecule has 0 spiro atoms. The summed E-state index contributed by atoms with van der Waals surface area (Å²) in [7, 11) is 0. The van der Waals surface area contributed by atoms with Gasteiger partial charge in [-0.1, -0.05) is 30.3 Å². The molecule has 0 amide bonds. The van der Waals surface area contributed by atoms with Crippen molar-refractivity contribution in [2.45, 2.75) is 44.8 Å². The first-order valence-corrected chi connectivity index (χ1v) is 7.51. The van der Waals surface area contributed by atoms with Crippen LogP contribution in [0, 0.1) is 5.95 Å². The van der Waals surface area contributed by atoms with Crippen molar-refractivity contribution < 1.29 is 13.9 Å². The van der Waals surface area contributed by atoms with Gasteiger partial charge in [-0.2, -0.15) is 4.39 Å². The smallest absolute Gasteiger partial charge is 0.360 e. The lowest BCUT2D eigenvalue weighted by molar-refractivity contribution is -0.0510. The van der Waals surface area contributed by atoms with Crippen molar-refractivity contribution >= 4 is 5.97 Å². The molecular formula is C17H19FN2O2. The molecule has 3 rings (SSSR count). The normalized spacial score (nSPS) is 17.6. The molecule has 0 saturated heterocycles. The summed E-state index contributed by atoms with van der Waals surface area (Å²) in [5.41, 5.74) is 0.405. The van der Waals surface area contributed by atoms with Crippen molar-refractivity contribution in [1.82, 2.24) is 9.55 Å². The van der Waals surface area contributed by atoms with Crippen LogP contribution in [-0.2, 0) is 4.74 Å². The molecule has 22 heavy (non-hydrogen) atoms. The van der Waals surface area contributed by atoms with Gasteiger partial charge in [-0.3, -0.25) is 0 Å². The number of aromatic nitrogens is 2. The van der Waals surface area contributed by atoms with Crippen LogP contribution >= 0.6 is 0 Å². The number of carbonyl (C=O) groups excluding carboxylic acids is 1. The molecule has 0 N–H and O–H groups in total. The molecule has 2 aromatic rings. The third-order valence-corrected chi connectivity index (χ3v) is 4.39. The summed E-state index contributed by atoms with van der Waals surface area (Å²) < 4.78 is 21.0. The van der Waals surface area contributed by atoms with E-state index in [9.17, 15) is 9.18 Å². The molecule has 1 saturated carbocycles. The summed E-state index contributed by atoms with van der Waals surface area (Å²) in [5.74, 6) is -1.42. The zero-order valence-electron chi connectivity index (χ0n) is 12.8. The monoisotopic (exact) mass is 302 g/mol. The SMILES string of the molecule is C[C@H](c1ccccc1)n1cnc(F)c1C(=O)OC1(C)CCC1. The number of carbonyl (C=O) groups is 1. The molecule has 1 heterocycles. The van der Waals surface area contributed by atoms with E-state index in [-0.39, 0.29) is 11.7 Å². The third kappa shape index (κ3) is 2.63. The molecule has 1 aliphatic rings. The molecule has 0 bridgehead atoms. The average molecular weight is 302 g/mol. The molecule has 4 nitrogen and oxygen atoms in total. The lowest BCUT2D eigenvalue weighted by atomic mass is 9.82. The zero-order valence-corrected chi connectivity index (χ0v) is 12.8. The van der Waals surface area contributed by atoms with Crippen LogP contribution in [0.5, 0.6) is 0 Å². The highest BCUT2D eigenvalue weighted by Gasteiger charge is 2.38. The highest BCUT2D eigenvalue weighted by Crippen LogP contribution is 2.36. The van der Waals surface area contributed by atoms with Crippen molar-refractivity contribution in [1.29, 1.82) is 0 Å². The topological polar surface area (TPSA) is 44.1 Å². The van der Waals surface area contributed by atoms with Gasteiger partial charge in [0.15, 0.2) is 5.69 Å². The van der Waals surface area contributed by atoms with Gasteiger partial charge >= 0.3 is 5.97 Å². The Balaban J connectivity index is 1.89. The number of halogens is 1. The third-order valence-electron chi connectivity index (χ3n) is 4.39. The lowest BCUT2D eigenvalue weighted by Gasteiger charge is -2.37. The van der Waals surface area contributed by atoms with Gasteiger partial charge in [0.2, 0.25) is 5.95 Å². The van der Waals surface area contributed by atoms with Crippen LogP contribution in [0.1, 0.15) is 55.2 Å². The Morgan fingerprint density at radius 3 is 2.64 bits per heavy atom. The molecule has 1 fully saturated rings. The number of rotatable bonds is 4. The number of nitrogens with zero attached hydrogens (tertiary/aromatic N) is 2. The molecule has 0 aliphatic heterocycles. The Bertz CT molecular complexity index is 677. The minimum atomic E-state index is -0.782. The maximum atomic E-state index is 14.0. The van der Waals surface area contributed by atoms with Crippen molar-refractivity contribution in [3.63, 3.8) is 0 Å². The molecule has 1 aliphatic carbocycles. The van der Waals surface area contributed by atoms with Crippen LogP contribution in [-0.4, -0.2) is 21.1 Å². The average Bonchev–Trinajstić information content (AvgIpc) is 2.87. The molecule has 0 unspecified atom stereocenters. The lowest BCUT2D eigenvalue weighted by Crippen LogP contribution is -2.39. The fraction of sp³-hybridized carbons (Fsp3) is 0.412. The second-order valence-corrected chi connectivity index (χ2v) is 6.07. The second kappa shape index (κ2) is 5.55. The Hall–Kier alpha value is -2.17. The number of hydrogen-bond acceptors (Lipinski definition) is 3. The standard InChI is InChI=1S/C17H19FN2O2/c1-12(13-7-4-3-5-8-13)20-11-19-15(18)14(20)16(21)22-17(2)9-6-10-17/h3-5,7-8,11-12H,6,9-10H2,1-2H3/t12-/m1/s1. The largest absolute Gasteiger partial charge is 0.455 e. The van der Waals surface area contributed by atoms with E-state index >= 15 is 0 Å². The van der Waals surface area contributed by atoms with E-state index < -0.39 is 17.5 Å². The molecule has 1 aromatic heterocycles. The van der Waals surface area contributed by atoms with Crippen molar-refractivity contribution in [2.75, 3.05) is 0 Å².